The lowest BCUT2D eigenvalue weighted by molar-refractivity contribution is -0.120. The van der Waals surface area contributed by atoms with E-state index in [0.29, 0.717) is 18.5 Å². The number of carbonyl (C=O) groups excluding carboxylic acids is 2. The van der Waals surface area contributed by atoms with Gasteiger partial charge in [0.1, 0.15) is 0 Å². The Bertz CT molecular complexity index is 667. The van der Waals surface area contributed by atoms with Crippen molar-refractivity contribution in [2.75, 3.05) is 13.1 Å². The van der Waals surface area contributed by atoms with Gasteiger partial charge >= 0.3 is 0 Å². The Morgan fingerprint density at radius 2 is 2.09 bits per heavy atom. The third-order valence-corrected chi connectivity index (χ3v) is 4.47. The zero-order valence-corrected chi connectivity index (χ0v) is 12.7. The van der Waals surface area contributed by atoms with Crippen LogP contribution in [0.15, 0.2) is 40.4 Å². The maximum absolute atomic E-state index is 12.0. The molecule has 2 heterocycles. The van der Waals surface area contributed by atoms with Crippen molar-refractivity contribution >= 4 is 28.7 Å². The first-order valence-corrected chi connectivity index (χ1v) is 7.84. The predicted octanol–water partition coefficient (Wildman–Crippen LogP) is 1.05. The van der Waals surface area contributed by atoms with Crippen LogP contribution in [-0.2, 0) is 11.3 Å². The minimum Gasteiger partial charge on any atom is -0.366 e. The molecule has 0 fully saturated rings. The van der Waals surface area contributed by atoms with E-state index in [9.17, 15) is 9.59 Å². The molecule has 0 radical (unpaired) electrons. The Morgan fingerprint density at radius 1 is 1.32 bits per heavy atom. The molecular formula is C15H16N4O2S. The van der Waals surface area contributed by atoms with Crippen molar-refractivity contribution in [3.05, 3.63) is 46.5 Å². The van der Waals surface area contributed by atoms with E-state index in [4.69, 9.17) is 5.73 Å². The maximum Gasteiger partial charge on any atom is 0.248 e. The lowest BCUT2D eigenvalue weighted by Crippen LogP contribution is -2.28. The van der Waals surface area contributed by atoms with E-state index in [1.54, 1.807) is 36.0 Å². The molecule has 0 bridgehead atoms. The molecule has 0 aliphatic carbocycles. The number of primary amides is 1. The Labute approximate surface area is 132 Å². The number of thioether (sulfide) groups is 1. The Kier molecular flexibility index (Phi) is 4.15. The van der Waals surface area contributed by atoms with Crippen molar-refractivity contribution in [3.63, 3.8) is 0 Å². The van der Waals surface area contributed by atoms with Crippen LogP contribution in [0.4, 0.5) is 0 Å². The number of benzene rings is 1. The number of hydrogen-bond acceptors (Lipinski definition) is 5. The van der Waals surface area contributed by atoms with Gasteiger partial charge in [0, 0.05) is 24.4 Å². The number of fused-ring (bicyclic) bond motifs is 1. The molecule has 0 aromatic heterocycles. The molecule has 2 aliphatic heterocycles. The molecule has 0 spiro atoms. The number of amidine groups is 1. The molecule has 3 rings (SSSR count). The largest absolute Gasteiger partial charge is 0.366 e. The van der Waals surface area contributed by atoms with Gasteiger partial charge in [0.2, 0.25) is 11.8 Å². The van der Waals surface area contributed by atoms with Gasteiger partial charge in [-0.1, -0.05) is 23.9 Å². The van der Waals surface area contributed by atoms with Crippen LogP contribution >= 0.6 is 11.8 Å². The van der Waals surface area contributed by atoms with Gasteiger partial charge in [0.05, 0.1) is 13.0 Å². The summed E-state index contributed by atoms with van der Waals surface area (Å²) < 4.78 is 0. The van der Waals surface area contributed by atoms with Crippen LogP contribution in [-0.4, -0.2) is 35.0 Å². The van der Waals surface area contributed by atoms with Gasteiger partial charge in [0.15, 0.2) is 5.17 Å². The highest BCUT2D eigenvalue weighted by Gasteiger charge is 2.27. The smallest absolute Gasteiger partial charge is 0.248 e. The van der Waals surface area contributed by atoms with E-state index in [0.717, 1.165) is 29.5 Å². The number of hydrogen-bond donors (Lipinski definition) is 2. The lowest BCUT2D eigenvalue weighted by atomic mass is 10.1. The second kappa shape index (κ2) is 6.23. The van der Waals surface area contributed by atoms with E-state index in [1.807, 2.05) is 5.41 Å². The van der Waals surface area contributed by atoms with Crippen LogP contribution in [0.1, 0.15) is 22.3 Å². The summed E-state index contributed by atoms with van der Waals surface area (Å²) in [6, 6.07) is 6.90. The summed E-state index contributed by atoms with van der Waals surface area (Å²) in [5.41, 5.74) is 7.58. The van der Waals surface area contributed by atoms with E-state index in [-0.39, 0.29) is 5.91 Å². The Balaban J connectivity index is 1.50. The van der Waals surface area contributed by atoms with Gasteiger partial charge < -0.3 is 16.0 Å². The van der Waals surface area contributed by atoms with Gasteiger partial charge in [-0.25, -0.2) is 0 Å². The van der Waals surface area contributed by atoms with E-state index < -0.39 is 5.91 Å². The van der Waals surface area contributed by atoms with Gasteiger partial charge in [0.25, 0.3) is 0 Å². The standard InChI is InChI=1S/C15H16N4O2S/c16-14(21)11-3-1-10(2-4-11)8-18-13(20)7-12-9-22-15-17-5-6-19(12)15/h1-4,9H,5-8H2,(H2,16,21)(H,18,20). The molecule has 7 heteroatoms. The zero-order chi connectivity index (χ0) is 15.5. The molecule has 0 saturated heterocycles. The van der Waals surface area contributed by atoms with E-state index in [2.05, 4.69) is 15.2 Å². The average molecular weight is 316 g/mol. The summed E-state index contributed by atoms with van der Waals surface area (Å²) >= 11 is 1.57. The first-order valence-electron chi connectivity index (χ1n) is 6.96. The molecule has 0 atom stereocenters. The SMILES string of the molecule is NC(=O)c1ccc(CNC(=O)CC2=CSC3=NCCN23)cc1. The van der Waals surface area contributed by atoms with Crippen molar-refractivity contribution < 1.29 is 9.59 Å². The number of aliphatic imine (C=N–C) groups is 1. The van der Waals surface area contributed by atoms with Crippen molar-refractivity contribution in [1.29, 1.82) is 0 Å². The van der Waals surface area contributed by atoms with E-state index in [1.165, 1.54) is 0 Å². The van der Waals surface area contributed by atoms with Gasteiger partial charge in [-0.2, -0.15) is 0 Å². The van der Waals surface area contributed by atoms with Crippen molar-refractivity contribution in [2.24, 2.45) is 10.7 Å². The zero-order valence-electron chi connectivity index (χ0n) is 11.9. The fourth-order valence-electron chi connectivity index (χ4n) is 2.33. The van der Waals surface area contributed by atoms with Crippen molar-refractivity contribution in [2.45, 2.75) is 13.0 Å². The third-order valence-electron chi connectivity index (χ3n) is 3.52. The molecule has 3 N–H and O–H groups in total. The molecular weight excluding hydrogens is 300 g/mol. The van der Waals surface area contributed by atoms with Crippen LogP contribution < -0.4 is 11.1 Å². The number of nitrogens with two attached hydrogens (primary N) is 1. The number of amides is 2. The van der Waals surface area contributed by atoms with E-state index >= 15 is 0 Å². The molecule has 1 aromatic rings. The summed E-state index contributed by atoms with van der Waals surface area (Å²) in [6.07, 6.45) is 0.353. The van der Waals surface area contributed by atoms with Crippen molar-refractivity contribution in [3.8, 4) is 0 Å². The Morgan fingerprint density at radius 3 is 2.82 bits per heavy atom. The van der Waals surface area contributed by atoms with Gasteiger partial charge in [-0.05, 0) is 23.1 Å². The average Bonchev–Trinajstić information content (AvgIpc) is 3.11. The first kappa shape index (κ1) is 14.6. The normalized spacial score (nSPS) is 16.1. The van der Waals surface area contributed by atoms with Crippen LogP contribution in [0, 0.1) is 0 Å². The van der Waals surface area contributed by atoms with Crippen molar-refractivity contribution in [1.82, 2.24) is 10.2 Å². The highest BCUT2D eigenvalue weighted by atomic mass is 32.2. The Hall–Kier alpha value is -2.28. The molecule has 114 valence electrons. The summed E-state index contributed by atoms with van der Waals surface area (Å²) in [5.74, 6) is -0.483. The summed E-state index contributed by atoms with van der Waals surface area (Å²) in [6.45, 7) is 2.09. The van der Waals surface area contributed by atoms with Crippen LogP contribution in [0.3, 0.4) is 0 Å². The summed E-state index contributed by atoms with van der Waals surface area (Å²) in [5, 5.41) is 5.86. The fourth-order valence-corrected chi connectivity index (χ4v) is 3.28. The minimum atomic E-state index is -0.454. The summed E-state index contributed by atoms with van der Waals surface area (Å²) in [7, 11) is 0. The highest BCUT2D eigenvalue weighted by molar-refractivity contribution is 8.16. The number of rotatable bonds is 5. The lowest BCUT2D eigenvalue weighted by Gasteiger charge is -2.16. The molecule has 2 amide bonds. The molecule has 22 heavy (non-hydrogen) atoms. The number of carbonyl (C=O) groups is 2. The topological polar surface area (TPSA) is 87.8 Å². The fraction of sp³-hybridized carbons (Fsp3) is 0.267. The quantitative estimate of drug-likeness (QED) is 0.850. The van der Waals surface area contributed by atoms with Gasteiger partial charge in [-0.3, -0.25) is 14.6 Å². The third kappa shape index (κ3) is 3.14. The molecule has 0 saturated carbocycles. The first-order chi connectivity index (χ1) is 10.6. The molecule has 1 aromatic carbocycles. The maximum atomic E-state index is 12.0. The monoisotopic (exact) mass is 316 g/mol. The number of nitrogens with one attached hydrogen (secondary N) is 1. The van der Waals surface area contributed by atoms with Crippen LogP contribution in [0.5, 0.6) is 0 Å². The highest BCUT2D eigenvalue weighted by Crippen LogP contribution is 2.30. The second-order valence-corrected chi connectivity index (χ2v) is 5.89. The second-order valence-electron chi connectivity index (χ2n) is 5.06. The van der Waals surface area contributed by atoms with Crippen LogP contribution in [0.25, 0.3) is 0 Å². The minimum absolute atomic E-state index is 0.0287. The van der Waals surface area contributed by atoms with Gasteiger partial charge in [-0.15, -0.1) is 0 Å². The van der Waals surface area contributed by atoms with Crippen LogP contribution in [0.2, 0.25) is 0 Å². The predicted molar refractivity (Wildman–Crippen MR) is 86.1 cm³/mol. The number of nitrogens with zero attached hydrogens (tertiary/aromatic N) is 2. The molecule has 0 unspecified atom stereocenters. The summed E-state index contributed by atoms with van der Waals surface area (Å²) in [4.78, 5) is 29.5. The molecule has 6 nitrogen and oxygen atoms in total. The molecule has 2 aliphatic rings.